The Bertz CT molecular complexity index is 765. The number of benzene rings is 2. The van der Waals surface area contributed by atoms with Crippen molar-refractivity contribution in [2.75, 3.05) is 7.11 Å². The number of ether oxygens (including phenoxy) is 2. The van der Waals surface area contributed by atoms with Gasteiger partial charge in [-0.2, -0.15) is 0 Å². The molecule has 0 fully saturated rings. The van der Waals surface area contributed by atoms with E-state index in [1.54, 1.807) is 19.1 Å². The third-order valence-corrected chi connectivity index (χ3v) is 4.09. The molecule has 1 atom stereocenters. The summed E-state index contributed by atoms with van der Waals surface area (Å²) in [6.45, 7) is 8.44. The van der Waals surface area contributed by atoms with Crippen molar-refractivity contribution in [3.8, 4) is 17.2 Å². The molecule has 0 bridgehead atoms. The van der Waals surface area contributed by atoms with Gasteiger partial charge in [0.1, 0.15) is 5.75 Å². The van der Waals surface area contributed by atoms with Crippen LogP contribution in [0.5, 0.6) is 17.2 Å². The number of carbonyl (C=O) groups excluding carboxylic acids is 1. The molecule has 2 aromatic carbocycles. The molecule has 0 aromatic heterocycles. The van der Waals surface area contributed by atoms with E-state index in [1.807, 2.05) is 18.2 Å². The predicted octanol–water partition coefficient (Wildman–Crippen LogP) is 3.78. The first kappa shape index (κ1) is 19.6. The van der Waals surface area contributed by atoms with E-state index in [-0.39, 0.29) is 17.1 Å². The first-order valence-corrected chi connectivity index (χ1v) is 8.61. The quantitative estimate of drug-likeness (QED) is 0.825. The molecule has 0 aliphatic rings. The van der Waals surface area contributed by atoms with Crippen LogP contribution in [0.2, 0.25) is 0 Å². The average molecular weight is 357 g/mol. The first-order chi connectivity index (χ1) is 12.2. The summed E-state index contributed by atoms with van der Waals surface area (Å²) in [6.07, 6.45) is -0.621. The van der Waals surface area contributed by atoms with Crippen molar-refractivity contribution in [2.24, 2.45) is 0 Å². The molecule has 0 heterocycles. The third-order valence-electron chi connectivity index (χ3n) is 4.09. The zero-order valence-electron chi connectivity index (χ0n) is 16.0. The molecule has 5 nitrogen and oxygen atoms in total. The van der Waals surface area contributed by atoms with Gasteiger partial charge in [0, 0.05) is 6.54 Å². The zero-order valence-corrected chi connectivity index (χ0v) is 16.0. The van der Waals surface area contributed by atoms with Crippen LogP contribution in [-0.2, 0) is 16.8 Å². The molecule has 0 spiro atoms. The van der Waals surface area contributed by atoms with Gasteiger partial charge in [0.25, 0.3) is 5.91 Å². The minimum atomic E-state index is -0.621. The molecule has 0 saturated carbocycles. The highest BCUT2D eigenvalue weighted by atomic mass is 16.5. The van der Waals surface area contributed by atoms with Crippen molar-refractivity contribution in [3.05, 3.63) is 53.6 Å². The maximum atomic E-state index is 12.3. The SMILES string of the molecule is COc1cc(CNC(=O)C(C)Oc2cccc(C(C)(C)C)c2)ccc1O. The number of hydrogen-bond acceptors (Lipinski definition) is 4. The second-order valence-electron chi connectivity index (χ2n) is 7.26. The summed E-state index contributed by atoms with van der Waals surface area (Å²) in [5.74, 6) is 0.905. The smallest absolute Gasteiger partial charge is 0.261 e. The molecular weight excluding hydrogens is 330 g/mol. The first-order valence-electron chi connectivity index (χ1n) is 8.61. The van der Waals surface area contributed by atoms with Crippen LogP contribution in [0.3, 0.4) is 0 Å². The number of phenolic OH excluding ortho intramolecular Hbond substituents is 1. The molecule has 1 unspecified atom stereocenters. The average Bonchev–Trinajstić information content (AvgIpc) is 2.60. The number of aromatic hydroxyl groups is 1. The van der Waals surface area contributed by atoms with Crippen LogP contribution in [0.4, 0.5) is 0 Å². The summed E-state index contributed by atoms with van der Waals surface area (Å²) in [7, 11) is 1.49. The topological polar surface area (TPSA) is 67.8 Å². The highest BCUT2D eigenvalue weighted by Crippen LogP contribution is 2.27. The molecule has 2 N–H and O–H groups in total. The number of nitrogens with one attached hydrogen (secondary N) is 1. The lowest BCUT2D eigenvalue weighted by Gasteiger charge is -2.21. The van der Waals surface area contributed by atoms with Crippen molar-refractivity contribution in [1.82, 2.24) is 5.32 Å². The fourth-order valence-electron chi connectivity index (χ4n) is 2.46. The van der Waals surface area contributed by atoms with Gasteiger partial charge in [-0.05, 0) is 47.7 Å². The molecule has 2 aromatic rings. The van der Waals surface area contributed by atoms with Gasteiger partial charge in [-0.25, -0.2) is 0 Å². The molecular formula is C21H27NO4. The highest BCUT2D eigenvalue weighted by molar-refractivity contribution is 5.80. The molecule has 0 aliphatic carbocycles. The van der Waals surface area contributed by atoms with Gasteiger partial charge in [0.2, 0.25) is 0 Å². The van der Waals surface area contributed by atoms with Gasteiger partial charge < -0.3 is 19.9 Å². The predicted molar refractivity (Wildman–Crippen MR) is 102 cm³/mol. The Morgan fingerprint density at radius 3 is 2.58 bits per heavy atom. The van der Waals surface area contributed by atoms with Gasteiger partial charge in [-0.15, -0.1) is 0 Å². The normalized spacial score (nSPS) is 12.3. The second-order valence-corrected chi connectivity index (χ2v) is 7.26. The lowest BCUT2D eigenvalue weighted by atomic mass is 9.87. The molecule has 0 aliphatic heterocycles. The van der Waals surface area contributed by atoms with Crippen LogP contribution in [0.25, 0.3) is 0 Å². The van der Waals surface area contributed by atoms with E-state index in [9.17, 15) is 9.90 Å². The largest absolute Gasteiger partial charge is 0.504 e. The summed E-state index contributed by atoms with van der Waals surface area (Å²) < 4.78 is 10.9. The van der Waals surface area contributed by atoms with Crippen molar-refractivity contribution in [3.63, 3.8) is 0 Å². The minimum Gasteiger partial charge on any atom is -0.504 e. The zero-order chi connectivity index (χ0) is 19.3. The van der Waals surface area contributed by atoms with E-state index >= 15 is 0 Å². The minimum absolute atomic E-state index is 0.0167. The monoisotopic (exact) mass is 357 g/mol. The van der Waals surface area contributed by atoms with Crippen molar-refractivity contribution < 1.29 is 19.4 Å². The highest BCUT2D eigenvalue weighted by Gasteiger charge is 2.17. The summed E-state index contributed by atoms with van der Waals surface area (Å²) >= 11 is 0. The molecule has 140 valence electrons. The van der Waals surface area contributed by atoms with Gasteiger partial charge in [0.05, 0.1) is 7.11 Å². The van der Waals surface area contributed by atoms with E-state index in [2.05, 4.69) is 32.2 Å². The Morgan fingerprint density at radius 2 is 1.92 bits per heavy atom. The molecule has 5 heteroatoms. The standard InChI is InChI=1S/C21H27NO4/c1-14(26-17-8-6-7-16(12-17)21(2,3)4)20(24)22-13-15-9-10-18(23)19(11-15)25-5/h6-12,14,23H,13H2,1-5H3,(H,22,24). The second kappa shape index (κ2) is 8.13. The number of phenols is 1. The maximum absolute atomic E-state index is 12.3. The molecule has 26 heavy (non-hydrogen) atoms. The van der Waals surface area contributed by atoms with E-state index in [4.69, 9.17) is 9.47 Å². The van der Waals surface area contributed by atoms with Gasteiger partial charge >= 0.3 is 0 Å². The number of hydrogen-bond donors (Lipinski definition) is 2. The lowest BCUT2D eigenvalue weighted by Crippen LogP contribution is -2.35. The summed E-state index contributed by atoms with van der Waals surface area (Å²) in [5, 5.41) is 12.4. The number of methoxy groups -OCH3 is 1. The van der Waals surface area contributed by atoms with Crippen molar-refractivity contribution in [1.29, 1.82) is 0 Å². The number of carbonyl (C=O) groups is 1. The Balaban J connectivity index is 1.96. The molecule has 2 rings (SSSR count). The fourth-order valence-corrected chi connectivity index (χ4v) is 2.46. The van der Waals surface area contributed by atoms with Crippen LogP contribution < -0.4 is 14.8 Å². The number of amides is 1. The van der Waals surface area contributed by atoms with Gasteiger partial charge in [-0.3, -0.25) is 4.79 Å². The lowest BCUT2D eigenvalue weighted by molar-refractivity contribution is -0.127. The van der Waals surface area contributed by atoms with Crippen LogP contribution in [0.1, 0.15) is 38.8 Å². The molecule has 1 amide bonds. The summed E-state index contributed by atoms with van der Waals surface area (Å²) in [6, 6.07) is 12.8. The third kappa shape index (κ3) is 5.15. The van der Waals surface area contributed by atoms with Crippen LogP contribution in [0.15, 0.2) is 42.5 Å². The fraction of sp³-hybridized carbons (Fsp3) is 0.381. The van der Waals surface area contributed by atoms with E-state index in [1.165, 1.54) is 13.2 Å². The molecule has 0 saturated heterocycles. The molecule has 0 radical (unpaired) electrons. The Kier molecular flexibility index (Phi) is 6.14. The number of rotatable bonds is 6. The van der Waals surface area contributed by atoms with Crippen molar-refractivity contribution >= 4 is 5.91 Å². The van der Waals surface area contributed by atoms with Crippen LogP contribution >= 0.6 is 0 Å². The Morgan fingerprint density at radius 1 is 1.19 bits per heavy atom. The van der Waals surface area contributed by atoms with E-state index < -0.39 is 6.10 Å². The maximum Gasteiger partial charge on any atom is 0.261 e. The van der Waals surface area contributed by atoms with E-state index in [0.29, 0.717) is 18.0 Å². The Labute approximate surface area is 155 Å². The van der Waals surface area contributed by atoms with E-state index in [0.717, 1.165) is 11.1 Å². The Hall–Kier alpha value is -2.69. The summed E-state index contributed by atoms with van der Waals surface area (Å²) in [5.41, 5.74) is 2.00. The van der Waals surface area contributed by atoms with Crippen molar-refractivity contribution in [2.45, 2.75) is 45.8 Å². The van der Waals surface area contributed by atoms with Gasteiger partial charge in [-0.1, -0.05) is 39.0 Å². The van der Waals surface area contributed by atoms with Crippen LogP contribution in [-0.4, -0.2) is 24.2 Å². The summed E-state index contributed by atoms with van der Waals surface area (Å²) in [4.78, 5) is 12.3. The van der Waals surface area contributed by atoms with Gasteiger partial charge in [0.15, 0.2) is 17.6 Å². The van der Waals surface area contributed by atoms with Crippen LogP contribution in [0, 0.1) is 0 Å².